The van der Waals surface area contributed by atoms with Gasteiger partial charge in [-0.3, -0.25) is 9.78 Å². The molecule has 1 amide bonds. The first kappa shape index (κ1) is 19.4. The number of thioether (sulfide) groups is 1. The maximum atomic E-state index is 12.1. The van der Waals surface area contributed by atoms with E-state index < -0.39 is 0 Å². The van der Waals surface area contributed by atoms with Gasteiger partial charge in [0.25, 0.3) is 0 Å². The van der Waals surface area contributed by atoms with Crippen LogP contribution in [0.1, 0.15) is 12.5 Å². The summed E-state index contributed by atoms with van der Waals surface area (Å²) < 4.78 is 2.00. The summed E-state index contributed by atoms with van der Waals surface area (Å²) in [4.78, 5) is 16.1. The fraction of sp³-hybridized carbons (Fsp3) is 0.263. The fourth-order valence-electron chi connectivity index (χ4n) is 2.57. The summed E-state index contributed by atoms with van der Waals surface area (Å²) in [7, 11) is 0. The molecular formula is C19H20ClN5OS. The van der Waals surface area contributed by atoms with Crippen molar-refractivity contribution >= 4 is 29.3 Å². The first-order valence-electron chi connectivity index (χ1n) is 8.65. The zero-order valence-corrected chi connectivity index (χ0v) is 16.5. The SMILES string of the molecule is CCn1c(SCC(=O)NCCc2ccc(Cl)cc2)nnc1-c1ccncc1. The molecule has 0 saturated carbocycles. The Kier molecular flexibility index (Phi) is 6.84. The zero-order chi connectivity index (χ0) is 19.1. The summed E-state index contributed by atoms with van der Waals surface area (Å²) in [5.41, 5.74) is 2.10. The van der Waals surface area contributed by atoms with Gasteiger partial charge in [0.05, 0.1) is 5.75 Å². The summed E-state index contributed by atoms with van der Waals surface area (Å²) in [6.45, 7) is 3.35. The van der Waals surface area contributed by atoms with Gasteiger partial charge in [0.2, 0.25) is 5.91 Å². The van der Waals surface area contributed by atoms with Gasteiger partial charge in [0.1, 0.15) is 0 Å². The van der Waals surface area contributed by atoms with Gasteiger partial charge in [0.15, 0.2) is 11.0 Å². The van der Waals surface area contributed by atoms with Crippen LogP contribution in [-0.4, -0.2) is 38.0 Å². The van der Waals surface area contributed by atoms with Crippen LogP contribution < -0.4 is 5.32 Å². The molecule has 2 heterocycles. The largest absolute Gasteiger partial charge is 0.355 e. The average molecular weight is 402 g/mol. The molecule has 1 N–H and O–H groups in total. The predicted molar refractivity (Wildman–Crippen MR) is 108 cm³/mol. The first-order valence-corrected chi connectivity index (χ1v) is 10.0. The highest BCUT2D eigenvalue weighted by Gasteiger charge is 2.14. The van der Waals surface area contributed by atoms with Gasteiger partial charge in [-0.1, -0.05) is 35.5 Å². The lowest BCUT2D eigenvalue weighted by Crippen LogP contribution is -2.27. The molecule has 0 aliphatic rings. The number of amides is 1. The number of halogens is 1. The molecule has 0 spiro atoms. The monoisotopic (exact) mass is 401 g/mol. The highest BCUT2D eigenvalue weighted by atomic mass is 35.5. The Bertz CT molecular complexity index is 883. The molecule has 0 saturated heterocycles. The van der Waals surface area contributed by atoms with E-state index in [4.69, 9.17) is 11.6 Å². The van der Waals surface area contributed by atoms with E-state index in [0.717, 1.165) is 35.1 Å². The maximum Gasteiger partial charge on any atom is 0.230 e. The summed E-state index contributed by atoms with van der Waals surface area (Å²) in [5.74, 6) is 1.06. The van der Waals surface area contributed by atoms with Crippen LogP contribution >= 0.6 is 23.4 Å². The molecule has 0 unspecified atom stereocenters. The molecule has 8 heteroatoms. The van der Waals surface area contributed by atoms with Gasteiger partial charge in [-0.2, -0.15) is 0 Å². The molecule has 3 rings (SSSR count). The van der Waals surface area contributed by atoms with Gasteiger partial charge >= 0.3 is 0 Å². The smallest absolute Gasteiger partial charge is 0.230 e. The van der Waals surface area contributed by atoms with Crippen molar-refractivity contribution in [1.82, 2.24) is 25.1 Å². The van der Waals surface area contributed by atoms with Crippen LogP contribution in [0.4, 0.5) is 0 Å². The number of pyridine rings is 1. The number of hydrogen-bond acceptors (Lipinski definition) is 5. The van der Waals surface area contributed by atoms with Crippen LogP contribution in [0.2, 0.25) is 5.02 Å². The first-order chi connectivity index (χ1) is 13.2. The molecular weight excluding hydrogens is 382 g/mol. The van der Waals surface area contributed by atoms with Crippen LogP contribution in [0.5, 0.6) is 0 Å². The Morgan fingerprint density at radius 1 is 1.15 bits per heavy atom. The Morgan fingerprint density at radius 2 is 1.89 bits per heavy atom. The minimum atomic E-state index is -0.0231. The predicted octanol–water partition coefficient (Wildman–Crippen LogP) is 3.46. The standard InChI is InChI=1S/C19H20ClN5OS/c1-2-25-18(15-8-10-21-11-9-15)23-24-19(25)27-13-17(26)22-12-7-14-3-5-16(20)6-4-14/h3-6,8-11H,2,7,12-13H2,1H3,(H,22,26). The van der Waals surface area contributed by atoms with Crippen LogP contribution in [0.3, 0.4) is 0 Å². The number of nitrogens with one attached hydrogen (secondary N) is 1. The highest BCUT2D eigenvalue weighted by molar-refractivity contribution is 7.99. The van der Waals surface area contributed by atoms with E-state index in [1.807, 2.05) is 47.9 Å². The van der Waals surface area contributed by atoms with Crippen molar-refractivity contribution in [3.05, 3.63) is 59.4 Å². The number of aromatic nitrogens is 4. The summed E-state index contributed by atoms with van der Waals surface area (Å²) >= 11 is 7.26. The van der Waals surface area contributed by atoms with Gasteiger partial charge in [-0.15, -0.1) is 10.2 Å². The molecule has 3 aromatic rings. The molecule has 0 fully saturated rings. The number of rotatable bonds is 8. The van der Waals surface area contributed by atoms with E-state index in [0.29, 0.717) is 17.3 Å². The zero-order valence-electron chi connectivity index (χ0n) is 14.9. The van der Waals surface area contributed by atoms with Gasteiger partial charge in [0, 0.05) is 36.1 Å². The molecule has 6 nitrogen and oxygen atoms in total. The third-order valence-corrected chi connectivity index (χ3v) is 5.17. The Balaban J connectivity index is 1.51. The molecule has 27 heavy (non-hydrogen) atoms. The van der Waals surface area contributed by atoms with Crippen LogP contribution in [-0.2, 0) is 17.8 Å². The molecule has 1 aromatic carbocycles. The van der Waals surface area contributed by atoms with E-state index in [9.17, 15) is 4.79 Å². The molecule has 2 aromatic heterocycles. The Morgan fingerprint density at radius 3 is 2.59 bits per heavy atom. The second-order valence-corrected chi connectivity index (χ2v) is 7.18. The summed E-state index contributed by atoms with van der Waals surface area (Å²) in [5, 5.41) is 12.9. The average Bonchev–Trinajstić information content (AvgIpc) is 3.11. The molecule has 0 atom stereocenters. The Hall–Kier alpha value is -2.38. The highest BCUT2D eigenvalue weighted by Crippen LogP contribution is 2.23. The summed E-state index contributed by atoms with van der Waals surface area (Å²) in [6, 6.07) is 11.4. The van der Waals surface area contributed by atoms with Crippen molar-refractivity contribution in [3.8, 4) is 11.4 Å². The molecule has 0 radical (unpaired) electrons. The van der Waals surface area contributed by atoms with Crippen LogP contribution in [0.15, 0.2) is 53.9 Å². The third-order valence-electron chi connectivity index (χ3n) is 3.95. The molecule has 140 valence electrons. The minimum Gasteiger partial charge on any atom is -0.355 e. The molecule has 0 bridgehead atoms. The normalized spacial score (nSPS) is 10.7. The molecule has 0 aliphatic heterocycles. The number of carbonyl (C=O) groups excluding carboxylic acids is 1. The van der Waals surface area contributed by atoms with Crippen molar-refractivity contribution in [2.45, 2.75) is 25.0 Å². The summed E-state index contributed by atoms with van der Waals surface area (Å²) in [6.07, 6.45) is 4.22. The minimum absolute atomic E-state index is 0.0231. The van der Waals surface area contributed by atoms with Crippen molar-refractivity contribution < 1.29 is 4.79 Å². The lowest BCUT2D eigenvalue weighted by Gasteiger charge is -2.08. The third kappa shape index (κ3) is 5.30. The molecule has 0 aliphatic carbocycles. The van der Waals surface area contributed by atoms with Crippen LogP contribution in [0.25, 0.3) is 11.4 Å². The quantitative estimate of drug-likeness (QED) is 0.585. The van der Waals surface area contributed by atoms with Gasteiger partial charge in [-0.25, -0.2) is 0 Å². The lowest BCUT2D eigenvalue weighted by molar-refractivity contribution is -0.118. The van der Waals surface area contributed by atoms with E-state index in [-0.39, 0.29) is 5.91 Å². The van der Waals surface area contributed by atoms with E-state index >= 15 is 0 Å². The number of benzene rings is 1. The van der Waals surface area contributed by atoms with Crippen molar-refractivity contribution in [2.75, 3.05) is 12.3 Å². The fourth-order valence-corrected chi connectivity index (χ4v) is 3.53. The van der Waals surface area contributed by atoms with Crippen molar-refractivity contribution in [1.29, 1.82) is 0 Å². The van der Waals surface area contributed by atoms with Crippen molar-refractivity contribution in [3.63, 3.8) is 0 Å². The second kappa shape index (κ2) is 9.53. The number of nitrogens with zero attached hydrogens (tertiary/aromatic N) is 4. The topological polar surface area (TPSA) is 72.7 Å². The van der Waals surface area contributed by atoms with Gasteiger partial charge < -0.3 is 9.88 Å². The van der Waals surface area contributed by atoms with Gasteiger partial charge in [-0.05, 0) is 43.2 Å². The van der Waals surface area contributed by atoms with E-state index in [2.05, 4.69) is 20.5 Å². The Labute approximate surface area is 167 Å². The second-order valence-electron chi connectivity index (χ2n) is 5.80. The number of hydrogen-bond donors (Lipinski definition) is 1. The van der Waals surface area contributed by atoms with Crippen LogP contribution in [0, 0.1) is 0 Å². The van der Waals surface area contributed by atoms with Crippen molar-refractivity contribution in [2.24, 2.45) is 0 Å². The van der Waals surface area contributed by atoms with E-state index in [1.165, 1.54) is 11.8 Å². The van der Waals surface area contributed by atoms with E-state index in [1.54, 1.807) is 12.4 Å². The lowest BCUT2D eigenvalue weighted by atomic mass is 10.1. The maximum absolute atomic E-state index is 12.1. The number of carbonyl (C=O) groups is 1.